The zero-order valence-electron chi connectivity index (χ0n) is 17.4. The van der Waals surface area contributed by atoms with E-state index in [0.717, 1.165) is 38.4 Å². The van der Waals surface area contributed by atoms with Crippen molar-refractivity contribution in [3.8, 4) is 0 Å². The predicted molar refractivity (Wildman–Crippen MR) is 123 cm³/mol. The Labute approximate surface area is 182 Å². The third-order valence-electron chi connectivity index (χ3n) is 5.06. The van der Waals surface area contributed by atoms with E-state index < -0.39 is 0 Å². The number of ether oxygens (including phenoxy) is 1. The fourth-order valence-electron chi connectivity index (χ4n) is 3.36. The van der Waals surface area contributed by atoms with Crippen LogP contribution < -0.4 is 10.2 Å². The number of amides is 1. The van der Waals surface area contributed by atoms with Crippen LogP contribution in [-0.4, -0.2) is 61.6 Å². The van der Waals surface area contributed by atoms with Crippen LogP contribution in [0.2, 0.25) is 0 Å². The van der Waals surface area contributed by atoms with E-state index in [2.05, 4.69) is 62.3 Å². The maximum atomic E-state index is 12.0. The number of carbonyl (C=O) groups is 2. The number of rotatable bonds is 9. The summed E-state index contributed by atoms with van der Waals surface area (Å²) >= 11 is 1.40. The first-order valence-electron chi connectivity index (χ1n) is 10.2. The lowest BCUT2D eigenvalue weighted by atomic mass is 10.2. The molecule has 2 aromatic rings. The highest BCUT2D eigenvalue weighted by Gasteiger charge is 2.17. The molecule has 1 amide bonds. The van der Waals surface area contributed by atoms with Crippen molar-refractivity contribution in [2.24, 2.45) is 0 Å². The molecular formula is C23H29N3O3S. The minimum absolute atomic E-state index is 0.0466. The van der Waals surface area contributed by atoms with Crippen LogP contribution in [0.5, 0.6) is 0 Å². The van der Waals surface area contributed by atoms with E-state index in [-0.39, 0.29) is 17.6 Å². The van der Waals surface area contributed by atoms with Crippen molar-refractivity contribution in [2.75, 3.05) is 55.0 Å². The van der Waals surface area contributed by atoms with Gasteiger partial charge < -0.3 is 15.0 Å². The highest BCUT2D eigenvalue weighted by atomic mass is 32.2. The molecule has 6 nitrogen and oxygen atoms in total. The summed E-state index contributed by atoms with van der Waals surface area (Å²) in [7, 11) is 1.36. The summed E-state index contributed by atoms with van der Waals surface area (Å²) in [5, 5.41) is 2.91. The van der Waals surface area contributed by atoms with Crippen molar-refractivity contribution in [1.82, 2.24) is 4.90 Å². The Morgan fingerprint density at radius 1 is 1.00 bits per heavy atom. The van der Waals surface area contributed by atoms with Gasteiger partial charge >= 0.3 is 5.97 Å². The second kappa shape index (κ2) is 11.6. The molecule has 1 N–H and O–H groups in total. The van der Waals surface area contributed by atoms with Crippen molar-refractivity contribution in [1.29, 1.82) is 0 Å². The number of benzene rings is 2. The van der Waals surface area contributed by atoms with Gasteiger partial charge in [-0.1, -0.05) is 30.3 Å². The van der Waals surface area contributed by atoms with Crippen LogP contribution in [0.4, 0.5) is 11.4 Å². The summed E-state index contributed by atoms with van der Waals surface area (Å²) in [6.07, 6.45) is 0.368. The average Bonchev–Trinajstić information content (AvgIpc) is 2.78. The molecule has 0 spiro atoms. The van der Waals surface area contributed by atoms with Gasteiger partial charge in [0.15, 0.2) is 0 Å². The first-order chi connectivity index (χ1) is 14.6. The van der Waals surface area contributed by atoms with Gasteiger partial charge in [0.25, 0.3) is 0 Å². The second-order valence-corrected chi connectivity index (χ2v) is 8.33. The molecule has 1 fully saturated rings. The summed E-state index contributed by atoms with van der Waals surface area (Å²) in [6, 6.07) is 18.6. The van der Waals surface area contributed by atoms with Crippen molar-refractivity contribution in [3.05, 3.63) is 60.2 Å². The van der Waals surface area contributed by atoms with Gasteiger partial charge in [-0.25, -0.2) is 0 Å². The van der Waals surface area contributed by atoms with E-state index in [4.69, 9.17) is 0 Å². The van der Waals surface area contributed by atoms with E-state index in [1.807, 2.05) is 12.1 Å². The summed E-state index contributed by atoms with van der Waals surface area (Å²) < 4.78 is 4.58. The molecule has 3 rings (SSSR count). The normalized spacial score (nSPS) is 14.4. The largest absolute Gasteiger partial charge is 0.468 e. The Balaban J connectivity index is 1.39. The number of nitrogens with one attached hydrogen (secondary N) is 1. The minimum atomic E-state index is -0.267. The van der Waals surface area contributed by atoms with E-state index >= 15 is 0 Å². The van der Waals surface area contributed by atoms with E-state index in [0.29, 0.717) is 12.2 Å². The SMILES string of the molecule is COC(=O)CSCCC(=O)Nc1ccc(N2CCN(Cc3ccccc3)CC2)cc1. The van der Waals surface area contributed by atoms with Gasteiger partial charge in [-0.3, -0.25) is 14.5 Å². The highest BCUT2D eigenvalue weighted by molar-refractivity contribution is 7.99. The molecule has 1 aliphatic rings. The van der Waals surface area contributed by atoms with Gasteiger partial charge in [0.1, 0.15) is 0 Å². The topological polar surface area (TPSA) is 61.9 Å². The van der Waals surface area contributed by atoms with Gasteiger partial charge in [-0.05, 0) is 29.8 Å². The predicted octanol–water partition coefficient (Wildman–Crippen LogP) is 3.24. The lowest BCUT2D eigenvalue weighted by Crippen LogP contribution is -2.45. The number of esters is 1. The minimum Gasteiger partial charge on any atom is -0.468 e. The number of piperazine rings is 1. The molecule has 160 valence electrons. The van der Waals surface area contributed by atoms with Crippen molar-refractivity contribution in [3.63, 3.8) is 0 Å². The third kappa shape index (κ3) is 7.07. The zero-order chi connectivity index (χ0) is 21.2. The van der Waals surface area contributed by atoms with Crippen LogP contribution in [0.15, 0.2) is 54.6 Å². The Hall–Kier alpha value is -2.51. The quantitative estimate of drug-likeness (QED) is 0.490. The van der Waals surface area contributed by atoms with E-state index in [9.17, 15) is 9.59 Å². The molecule has 0 aliphatic carbocycles. The standard InChI is InChI=1S/C23H29N3O3S/c1-29-23(28)18-30-16-11-22(27)24-20-7-9-21(10-8-20)26-14-12-25(13-15-26)17-19-5-3-2-4-6-19/h2-10H,11-18H2,1H3,(H,24,27). The number of anilines is 2. The summed E-state index contributed by atoms with van der Waals surface area (Å²) in [5.41, 5.74) is 3.33. The van der Waals surface area contributed by atoms with Crippen LogP contribution in [-0.2, 0) is 20.9 Å². The number of carbonyl (C=O) groups excluding carboxylic acids is 2. The fraction of sp³-hybridized carbons (Fsp3) is 0.391. The first-order valence-corrected chi connectivity index (χ1v) is 11.4. The number of hydrogen-bond acceptors (Lipinski definition) is 6. The molecule has 30 heavy (non-hydrogen) atoms. The number of hydrogen-bond donors (Lipinski definition) is 1. The Morgan fingerprint density at radius 2 is 1.70 bits per heavy atom. The second-order valence-electron chi connectivity index (χ2n) is 7.22. The molecule has 0 unspecified atom stereocenters. The molecule has 0 aromatic heterocycles. The summed E-state index contributed by atoms with van der Waals surface area (Å²) in [4.78, 5) is 28.0. The van der Waals surface area contributed by atoms with E-state index in [1.165, 1.54) is 30.1 Å². The molecule has 1 heterocycles. The molecule has 2 aromatic carbocycles. The number of thioether (sulfide) groups is 1. The first kappa shape index (κ1) is 22.2. The molecule has 0 radical (unpaired) electrons. The Morgan fingerprint density at radius 3 is 2.37 bits per heavy atom. The van der Waals surface area contributed by atoms with Gasteiger partial charge in [0, 0.05) is 56.3 Å². The fourth-order valence-corrected chi connectivity index (χ4v) is 4.12. The smallest absolute Gasteiger partial charge is 0.315 e. The van der Waals surface area contributed by atoms with Crippen LogP contribution in [0.25, 0.3) is 0 Å². The maximum absolute atomic E-state index is 12.0. The molecule has 1 saturated heterocycles. The van der Waals surface area contributed by atoms with Crippen LogP contribution in [0.3, 0.4) is 0 Å². The van der Waals surface area contributed by atoms with Crippen molar-refractivity contribution < 1.29 is 14.3 Å². The third-order valence-corrected chi connectivity index (χ3v) is 5.99. The van der Waals surface area contributed by atoms with Gasteiger partial charge in [-0.2, -0.15) is 0 Å². The number of nitrogens with zero attached hydrogens (tertiary/aromatic N) is 2. The molecule has 1 aliphatic heterocycles. The monoisotopic (exact) mass is 427 g/mol. The summed E-state index contributed by atoms with van der Waals surface area (Å²) in [6.45, 7) is 5.07. The van der Waals surface area contributed by atoms with Gasteiger partial charge in [-0.15, -0.1) is 11.8 Å². The lowest BCUT2D eigenvalue weighted by Gasteiger charge is -2.36. The van der Waals surface area contributed by atoms with Crippen LogP contribution >= 0.6 is 11.8 Å². The average molecular weight is 428 g/mol. The lowest BCUT2D eigenvalue weighted by molar-refractivity contribution is -0.137. The van der Waals surface area contributed by atoms with Gasteiger partial charge in [0.05, 0.1) is 12.9 Å². The highest BCUT2D eigenvalue weighted by Crippen LogP contribution is 2.20. The van der Waals surface area contributed by atoms with Crippen molar-refractivity contribution >= 4 is 35.0 Å². The van der Waals surface area contributed by atoms with Crippen LogP contribution in [0.1, 0.15) is 12.0 Å². The van der Waals surface area contributed by atoms with Crippen molar-refractivity contribution in [2.45, 2.75) is 13.0 Å². The maximum Gasteiger partial charge on any atom is 0.315 e. The number of methoxy groups -OCH3 is 1. The van der Waals surface area contributed by atoms with E-state index in [1.54, 1.807) is 0 Å². The zero-order valence-corrected chi connectivity index (χ0v) is 18.2. The molecule has 0 atom stereocenters. The molecule has 0 saturated carbocycles. The molecular weight excluding hydrogens is 398 g/mol. The molecule has 7 heteroatoms. The Bertz CT molecular complexity index is 806. The van der Waals surface area contributed by atoms with Crippen LogP contribution in [0, 0.1) is 0 Å². The molecule has 0 bridgehead atoms. The van der Waals surface area contributed by atoms with Gasteiger partial charge in [0.2, 0.25) is 5.91 Å². The Kier molecular flexibility index (Phi) is 8.59. The summed E-state index contributed by atoms with van der Waals surface area (Å²) in [5.74, 6) is 0.551.